The van der Waals surface area contributed by atoms with Gasteiger partial charge in [-0.05, 0) is 19.9 Å². The van der Waals surface area contributed by atoms with E-state index in [0.29, 0.717) is 5.56 Å². The molecule has 0 aliphatic carbocycles. The molecule has 0 fully saturated rings. The fourth-order valence-corrected chi connectivity index (χ4v) is 2.13. The SMILES string of the molecule is Cc1cc(C(=O)OCC(=O)NC(N)=O)c(C)s1. The minimum absolute atomic E-state index is 0.430. The summed E-state index contributed by atoms with van der Waals surface area (Å²) in [5, 5.41) is 1.79. The van der Waals surface area contributed by atoms with Crippen LogP contribution in [0.2, 0.25) is 0 Å². The molecule has 92 valence electrons. The smallest absolute Gasteiger partial charge is 0.339 e. The fourth-order valence-electron chi connectivity index (χ4n) is 1.22. The van der Waals surface area contributed by atoms with Crippen LogP contribution in [0.25, 0.3) is 0 Å². The number of carbonyl (C=O) groups excluding carboxylic acids is 3. The number of hydrogen-bond acceptors (Lipinski definition) is 5. The van der Waals surface area contributed by atoms with Crippen molar-refractivity contribution in [3.8, 4) is 0 Å². The zero-order valence-electron chi connectivity index (χ0n) is 9.40. The molecule has 0 bridgehead atoms. The van der Waals surface area contributed by atoms with Gasteiger partial charge in [-0.3, -0.25) is 10.1 Å². The van der Waals surface area contributed by atoms with E-state index in [1.165, 1.54) is 11.3 Å². The Labute approximate surface area is 102 Å². The zero-order valence-corrected chi connectivity index (χ0v) is 10.2. The second-order valence-corrected chi connectivity index (χ2v) is 4.78. The molecule has 0 unspecified atom stereocenters. The maximum Gasteiger partial charge on any atom is 0.339 e. The van der Waals surface area contributed by atoms with Crippen molar-refractivity contribution in [2.75, 3.05) is 6.61 Å². The molecule has 0 atom stereocenters. The summed E-state index contributed by atoms with van der Waals surface area (Å²) in [6.07, 6.45) is 0. The van der Waals surface area contributed by atoms with Crippen LogP contribution in [0.1, 0.15) is 20.1 Å². The van der Waals surface area contributed by atoms with Crippen molar-refractivity contribution in [2.24, 2.45) is 5.73 Å². The van der Waals surface area contributed by atoms with Crippen molar-refractivity contribution in [3.63, 3.8) is 0 Å². The number of nitrogens with one attached hydrogen (secondary N) is 1. The van der Waals surface area contributed by atoms with Crippen molar-refractivity contribution >= 4 is 29.2 Å². The average molecular weight is 256 g/mol. The number of aryl methyl sites for hydroxylation is 2. The minimum Gasteiger partial charge on any atom is -0.452 e. The van der Waals surface area contributed by atoms with Gasteiger partial charge in [-0.2, -0.15) is 0 Å². The van der Waals surface area contributed by atoms with Gasteiger partial charge >= 0.3 is 12.0 Å². The molecule has 3 N–H and O–H groups in total. The summed E-state index contributed by atoms with van der Waals surface area (Å²) in [7, 11) is 0. The van der Waals surface area contributed by atoms with Crippen molar-refractivity contribution in [1.82, 2.24) is 5.32 Å². The molecule has 0 aromatic carbocycles. The number of esters is 1. The molecule has 0 aliphatic rings. The van der Waals surface area contributed by atoms with Crippen LogP contribution in [-0.2, 0) is 9.53 Å². The first-order valence-corrected chi connectivity index (χ1v) is 5.55. The summed E-state index contributed by atoms with van der Waals surface area (Å²) in [5.74, 6) is -1.35. The Balaban J connectivity index is 2.53. The van der Waals surface area contributed by atoms with Crippen LogP contribution in [0.15, 0.2) is 6.07 Å². The third-order valence-electron chi connectivity index (χ3n) is 1.86. The van der Waals surface area contributed by atoms with Crippen LogP contribution in [-0.4, -0.2) is 24.5 Å². The lowest BCUT2D eigenvalue weighted by molar-refractivity contribution is -0.123. The van der Waals surface area contributed by atoms with Crippen molar-refractivity contribution in [3.05, 3.63) is 21.4 Å². The molecule has 17 heavy (non-hydrogen) atoms. The van der Waals surface area contributed by atoms with Gasteiger partial charge in [-0.25, -0.2) is 9.59 Å². The third kappa shape index (κ3) is 3.87. The van der Waals surface area contributed by atoms with Crippen LogP contribution >= 0.6 is 11.3 Å². The zero-order chi connectivity index (χ0) is 13.0. The van der Waals surface area contributed by atoms with Gasteiger partial charge < -0.3 is 10.5 Å². The molecule has 0 aliphatic heterocycles. The van der Waals surface area contributed by atoms with E-state index in [9.17, 15) is 14.4 Å². The predicted molar refractivity (Wildman–Crippen MR) is 61.8 cm³/mol. The Kier molecular flexibility index (Phi) is 4.22. The van der Waals surface area contributed by atoms with E-state index in [1.807, 2.05) is 6.92 Å². The van der Waals surface area contributed by atoms with E-state index in [1.54, 1.807) is 18.3 Å². The highest BCUT2D eigenvalue weighted by atomic mass is 32.1. The van der Waals surface area contributed by atoms with Crippen LogP contribution in [0.4, 0.5) is 4.79 Å². The number of urea groups is 1. The summed E-state index contributed by atoms with van der Waals surface area (Å²) < 4.78 is 4.73. The topological polar surface area (TPSA) is 98.5 Å². The second kappa shape index (κ2) is 5.44. The Morgan fingerprint density at radius 1 is 1.41 bits per heavy atom. The van der Waals surface area contributed by atoms with Gasteiger partial charge in [0.25, 0.3) is 5.91 Å². The van der Waals surface area contributed by atoms with Gasteiger partial charge in [0, 0.05) is 9.75 Å². The number of carbonyl (C=O) groups is 3. The van der Waals surface area contributed by atoms with Crippen LogP contribution in [0, 0.1) is 13.8 Å². The van der Waals surface area contributed by atoms with E-state index in [-0.39, 0.29) is 0 Å². The van der Waals surface area contributed by atoms with E-state index < -0.39 is 24.5 Å². The lowest BCUT2D eigenvalue weighted by Crippen LogP contribution is -2.37. The molecule has 7 heteroatoms. The first kappa shape index (κ1) is 13.2. The number of nitrogens with two attached hydrogens (primary N) is 1. The predicted octanol–water partition coefficient (Wildman–Crippen LogP) is 0.717. The third-order valence-corrected chi connectivity index (χ3v) is 2.82. The molecule has 1 aromatic heterocycles. The fraction of sp³-hybridized carbons (Fsp3) is 0.300. The number of imide groups is 1. The van der Waals surface area contributed by atoms with Crippen LogP contribution < -0.4 is 11.1 Å². The van der Waals surface area contributed by atoms with E-state index in [0.717, 1.165) is 9.75 Å². The molecule has 1 aromatic rings. The van der Waals surface area contributed by atoms with Gasteiger partial charge in [0.1, 0.15) is 0 Å². The molecular formula is C10H12N2O4S. The number of primary amides is 1. The highest BCUT2D eigenvalue weighted by Crippen LogP contribution is 2.21. The van der Waals surface area contributed by atoms with Gasteiger partial charge in [0.15, 0.2) is 6.61 Å². The summed E-state index contributed by atoms with van der Waals surface area (Å²) in [6, 6.07) is 0.711. The molecule has 1 rings (SSSR count). The maximum atomic E-state index is 11.6. The van der Waals surface area contributed by atoms with Crippen LogP contribution in [0.5, 0.6) is 0 Å². The number of rotatable bonds is 3. The molecule has 0 saturated heterocycles. The quantitative estimate of drug-likeness (QED) is 0.778. The second-order valence-electron chi connectivity index (χ2n) is 3.32. The monoisotopic (exact) mass is 256 g/mol. The van der Waals surface area contributed by atoms with Crippen molar-refractivity contribution in [2.45, 2.75) is 13.8 Å². The number of thiophene rings is 1. The van der Waals surface area contributed by atoms with Gasteiger partial charge in [-0.15, -0.1) is 11.3 Å². The lowest BCUT2D eigenvalue weighted by atomic mass is 10.2. The van der Waals surface area contributed by atoms with Gasteiger partial charge in [0.05, 0.1) is 5.56 Å². The first-order chi connectivity index (χ1) is 7.90. The minimum atomic E-state index is -0.978. The maximum absolute atomic E-state index is 11.6. The number of ether oxygens (including phenoxy) is 1. The highest BCUT2D eigenvalue weighted by Gasteiger charge is 2.15. The van der Waals surface area contributed by atoms with Crippen molar-refractivity contribution < 1.29 is 19.1 Å². The Bertz CT molecular complexity index is 467. The molecule has 6 nitrogen and oxygen atoms in total. The summed E-state index contributed by atoms with van der Waals surface area (Å²) in [4.78, 5) is 34.7. The van der Waals surface area contributed by atoms with E-state index >= 15 is 0 Å². The molecule has 0 radical (unpaired) electrons. The Hall–Kier alpha value is -1.89. The summed E-state index contributed by atoms with van der Waals surface area (Å²) in [5.41, 5.74) is 5.16. The van der Waals surface area contributed by atoms with Crippen LogP contribution in [0.3, 0.4) is 0 Å². The highest BCUT2D eigenvalue weighted by molar-refractivity contribution is 7.12. The molecule has 0 spiro atoms. The standard InChI is InChI=1S/C10H12N2O4S/c1-5-3-7(6(2)17-5)9(14)16-4-8(13)12-10(11)15/h3H,4H2,1-2H3,(H3,11,12,13,15). The van der Waals surface area contributed by atoms with Gasteiger partial charge in [-0.1, -0.05) is 0 Å². The van der Waals surface area contributed by atoms with Gasteiger partial charge in [0.2, 0.25) is 0 Å². The lowest BCUT2D eigenvalue weighted by Gasteiger charge is -2.03. The summed E-state index contributed by atoms with van der Waals surface area (Å²) >= 11 is 1.47. The normalized spacial score (nSPS) is 9.76. The van der Waals surface area contributed by atoms with E-state index in [2.05, 4.69) is 0 Å². The number of hydrogen-bond donors (Lipinski definition) is 2. The average Bonchev–Trinajstić information content (AvgIpc) is 2.53. The molecular weight excluding hydrogens is 244 g/mol. The first-order valence-electron chi connectivity index (χ1n) is 4.73. The van der Waals surface area contributed by atoms with Crippen molar-refractivity contribution in [1.29, 1.82) is 0 Å². The largest absolute Gasteiger partial charge is 0.452 e. The molecule has 3 amide bonds. The van der Waals surface area contributed by atoms with E-state index in [4.69, 9.17) is 10.5 Å². The molecule has 1 heterocycles. The molecule has 0 saturated carbocycles. The summed E-state index contributed by atoms with van der Waals surface area (Å²) in [6.45, 7) is 3.13. The number of amides is 3. The Morgan fingerprint density at radius 2 is 2.06 bits per heavy atom. The Morgan fingerprint density at radius 3 is 2.53 bits per heavy atom.